The Labute approximate surface area is 161 Å². The number of carbonyl (C=O) groups excluding carboxylic acids is 1. The van der Waals surface area contributed by atoms with Gasteiger partial charge >= 0.3 is 11.7 Å². The van der Waals surface area contributed by atoms with Crippen molar-refractivity contribution in [1.82, 2.24) is 14.9 Å². The number of hydrogen-bond acceptors (Lipinski definition) is 5. The van der Waals surface area contributed by atoms with E-state index in [0.717, 1.165) is 25.7 Å². The lowest BCUT2D eigenvalue weighted by Crippen LogP contribution is -2.51. The van der Waals surface area contributed by atoms with Gasteiger partial charge in [-0.3, -0.25) is 23.9 Å². The minimum absolute atomic E-state index is 0.0248. The summed E-state index contributed by atoms with van der Waals surface area (Å²) in [6.07, 6.45) is 5.61. The van der Waals surface area contributed by atoms with E-state index < -0.39 is 40.8 Å². The maximum Gasteiger partial charge on any atom is 0.328 e. The molecule has 0 saturated heterocycles. The number of H-pyrrole nitrogens is 1. The van der Waals surface area contributed by atoms with Gasteiger partial charge in [-0.2, -0.15) is 0 Å². The first-order valence-electron chi connectivity index (χ1n) is 9.80. The maximum absolute atomic E-state index is 12.6. The molecule has 9 nitrogen and oxygen atoms in total. The second-order valence-corrected chi connectivity index (χ2v) is 8.13. The Bertz CT molecular complexity index is 839. The Morgan fingerprint density at radius 1 is 1.18 bits per heavy atom. The van der Waals surface area contributed by atoms with Gasteiger partial charge in [0.1, 0.15) is 0 Å². The van der Waals surface area contributed by atoms with Crippen LogP contribution in [0.15, 0.2) is 21.9 Å². The largest absolute Gasteiger partial charge is 0.481 e. The normalized spacial score (nSPS) is 26.7. The zero-order valence-electron chi connectivity index (χ0n) is 15.7. The van der Waals surface area contributed by atoms with Crippen molar-refractivity contribution in [2.24, 2.45) is 5.41 Å². The van der Waals surface area contributed by atoms with Crippen LogP contribution < -0.4 is 16.6 Å². The Hall–Kier alpha value is -2.42. The van der Waals surface area contributed by atoms with Gasteiger partial charge < -0.3 is 15.5 Å². The van der Waals surface area contributed by atoms with E-state index >= 15 is 0 Å². The average molecular weight is 393 g/mol. The number of hydrogen-bond donors (Lipinski definition) is 4. The molecule has 3 atom stereocenters. The van der Waals surface area contributed by atoms with Gasteiger partial charge in [-0.1, -0.05) is 12.8 Å². The van der Waals surface area contributed by atoms with Crippen LogP contribution in [0.1, 0.15) is 63.8 Å². The number of rotatable bonds is 6. The first kappa shape index (κ1) is 20.3. The summed E-state index contributed by atoms with van der Waals surface area (Å²) >= 11 is 0. The third-order valence-corrected chi connectivity index (χ3v) is 6.10. The van der Waals surface area contributed by atoms with Crippen molar-refractivity contribution in [3.63, 3.8) is 0 Å². The van der Waals surface area contributed by atoms with E-state index in [1.54, 1.807) is 0 Å². The Morgan fingerprint density at radius 2 is 1.89 bits per heavy atom. The molecular formula is C19H27N3O6. The molecule has 28 heavy (non-hydrogen) atoms. The molecule has 2 aliphatic carbocycles. The van der Waals surface area contributed by atoms with Gasteiger partial charge in [0, 0.05) is 18.7 Å². The molecule has 0 bridgehead atoms. The van der Waals surface area contributed by atoms with Crippen LogP contribution in [0.4, 0.5) is 0 Å². The molecule has 0 radical (unpaired) electrons. The van der Waals surface area contributed by atoms with Crippen LogP contribution in [0.3, 0.4) is 0 Å². The van der Waals surface area contributed by atoms with Gasteiger partial charge in [0.15, 0.2) is 0 Å². The molecule has 2 saturated carbocycles. The summed E-state index contributed by atoms with van der Waals surface area (Å²) < 4.78 is 1.30. The van der Waals surface area contributed by atoms with Crippen molar-refractivity contribution in [3.05, 3.63) is 33.1 Å². The predicted octanol–water partition coefficient (Wildman–Crippen LogP) is 0.532. The van der Waals surface area contributed by atoms with Crippen LogP contribution in [0.25, 0.3) is 0 Å². The van der Waals surface area contributed by atoms with Crippen molar-refractivity contribution in [2.75, 3.05) is 0 Å². The van der Waals surface area contributed by atoms with E-state index in [9.17, 15) is 29.4 Å². The molecule has 154 valence electrons. The summed E-state index contributed by atoms with van der Waals surface area (Å²) in [6, 6.07) is 0.169. The molecule has 3 rings (SSSR count). The molecular weight excluding hydrogens is 366 g/mol. The summed E-state index contributed by atoms with van der Waals surface area (Å²) in [5.41, 5.74) is -1.60. The molecule has 0 aromatic carbocycles. The highest BCUT2D eigenvalue weighted by Crippen LogP contribution is 2.44. The van der Waals surface area contributed by atoms with Gasteiger partial charge in [0.05, 0.1) is 24.6 Å². The Morgan fingerprint density at radius 3 is 2.54 bits per heavy atom. The fraction of sp³-hybridized carbons (Fsp3) is 0.684. The number of carboxylic acid groups (broad SMARTS) is 1. The first-order chi connectivity index (χ1) is 13.3. The highest BCUT2D eigenvalue weighted by Gasteiger charge is 2.40. The van der Waals surface area contributed by atoms with Crippen molar-refractivity contribution in [3.8, 4) is 0 Å². The number of aliphatic hydroxyl groups excluding tert-OH is 1. The molecule has 2 aliphatic rings. The number of aromatic nitrogens is 2. The highest BCUT2D eigenvalue weighted by atomic mass is 16.4. The first-order valence-corrected chi connectivity index (χ1v) is 9.80. The second-order valence-electron chi connectivity index (χ2n) is 8.13. The average Bonchev–Trinajstić information content (AvgIpc) is 3.04. The van der Waals surface area contributed by atoms with Crippen molar-refractivity contribution < 1.29 is 19.8 Å². The summed E-state index contributed by atoms with van der Waals surface area (Å²) in [5.74, 6) is -1.16. The Kier molecular flexibility index (Phi) is 6.02. The number of nitrogens with one attached hydrogen (secondary N) is 2. The van der Waals surface area contributed by atoms with Gasteiger partial charge in [0.25, 0.3) is 5.56 Å². The summed E-state index contributed by atoms with van der Waals surface area (Å²) in [7, 11) is 0. The quantitative estimate of drug-likeness (QED) is 0.556. The van der Waals surface area contributed by atoms with Crippen molar-refractivity contribution in [2.45, 2.75) is 76.0 Å². The summed E-state index contributed by atoms with van der Waals surface area (Å²) in [6.45, 7) is 0. The van der Waals surface area contributed by atoms with Crippen LogP contribution in [0, 0.1) is 5.41 Å². The lowest BCUT2D eigenvalue weighted by molar-refractivity contribution is -0.140. The maximum atomic E-state index is 12.6. The molecule has 0 aliphatic heterocycles. The van der Waals surface area contributed by atoms with Gasteiger partial charge in [0.2, 0.25) is 5.91 Å². The predicted molar refractivity (Wildman–Crippen MR) is 99.9 cm³/mol. The number of aromatic amines is 1. The second kappa shape index (κ2) is 8.30. The van der Waals surface area contributed by atoms with E-state index in [1.165, 1.54) is 16.8 Å². The van der Waals surface area contributed by atoms with E-state index in [1.807, 2.05) is 0 Å². The van der Waals surface area contributed by atoms with Crippen molar-refractivity contribution >= 4 is 11.9 Å². The van der Waals surface area contributed by atoms with Crippen LogP contribution in [-0.2, 0) is 9.59 Å². The van der Waals surface area contributed by atoms with Gasteiger partial charge in [-0.05, 0) is 37.5 Å². The SMILES string of the molecule is O=C(O)CC1(CC(=O)N[C@H]2CCC[C@H](n3ccc(=O)[nH]c3=O)[C@H]2O)CCCC1. The van der Waals surface area contributed by atoms with E-state index in [2.05, 4.69) is 10.3 Å². The van der Waals surface area contributed by atoms with Gasteiger partial charge in [-0.25, -0.2) is 4.79 Å². The summed E-state index contributed by atoms with van der Waals surface area (Å²) in [4.78, 5) is 49.3. The minimum Gasteiger partial charge on any atom is -0.481 e. The number of amides is 1. The molecule has 2 fully saturated rings. The molecule has 9 heteroatoms. The third kappa shape index (κ3) is 4.52. The molecule has 1 heterocycles. The number of aliphatic carboxylic acids is 1. The molecule has 4 N–H and O–H groups in total. The minimum atomic E-state index is -0.972. The lowest BCUT2D eigenvalue weighted by atomic mass is 9.79. The molecule has 0 unspecified atom stereocenters. The van der Waals surface area contributed by atoms with Gasteiger partial charge in [-0.15, -0.1) is 0 Å². The number of carbonyl (C=O) groups is 2. The van der Waals surface area contributed by atoms with E-state index in [-0.39, 0.29) is 18.7 Å². The lowest BCUT2D eigenvalue weighted by Gasteiger charge is -2.36. The molecule has 1 aromatic rings. The van der Waals surface area contributed by atoms with E-state index in [4.69, 9.17) is 0 Å². The Balaban J connectivity index is 1.68. The molecule has 1 amide bonds. The third-order valence-electron chi connectivity index (χ3n) is 6.10. The number of aliphatic hydroxyl groups is 1. The molecule has 0 spiro atoms. The van der Waals surface area contributed by atoms with Crippen LogP contribution in [0.5, 0.6) is 0 Å². The fourth-order valence-electron chi connectivity index (χ4n) is 4.77. The highest BCUT2D eigenvalue weighted by molar-refractivity contribution is 5.78. The number of nitrogens with zero attached hydrogens (tertiary/aromatic N) is 1. The standard InChI is InChI=1S/C19H27N3O6/c23-14-6-9-22(18(28)21-14)13-5-3-4-12(17(13)27)20-15(24)10-19(11-16(25)26)7-1-2-8-19/h6,9,12-13,17,27H,1-5,7-8,10-11H2,(H,20,24)(H,25,26)(H,21,23,28)/t12-,13-,17-/m0/s1. The fourth-order valence-corrected chi connectivity index (χ4v) is 4.77. The van der Waals surface area contributed by atoms with E-state index in [0.29, 0.717) is 19.3 Å². The molecule has 1 aromatic heterocycles. The van der Waals surface area contributed by atoms with Crippen molar-refractivity contribution in [1.29, 1.82) is 0 Å². The smallest absolute Gasteiger partial charge is 0.328 e. The number of carboxylic acids is 1. The topological polar surface area (TPSA) is 141 Å². The summed E-state index contributed by atoms with van der Waals surface area (Å²) in [5, 5.41) is 22.8. The van der Waals surface area contributed by atoms with Crippen LogP contribution in [0.2, 0.25) is 0 Å². The zero-order chi connectivity index (χ0) is 20.3. The van der Waals surface area contributed by atoms with Crippen LogP contribution >= 0.6 is 0 Å². The van der Waals surface area contributed by atoms with Crippen LogP contribution in [-0.4, -0.2) is 43.8 Å². The monoisotopic (exact) mass is 393 g/mol. The zero-order valence-corrected chi connectivity index (χ0v) is 15.7.